The van der Waals surface area contributed by atoms with Gasteiger partial charge in [0.2, 0.25) is 0 Å². The Morgan fingerprint density at radius 2 is 1.12 bits per heavy atom. The molecular formula is C21H25Cl2NO. The average Bonchev–Trinajstić information content (AvgIpc) is 2.62. The molecule has 1 aliphatic heterocycles. The summed E-state index contributed by atoms with van der Waals surface area (Å²) < 4.78 is 0. The van der Waals surface area contributed by atoms with Gasteiger partial charge in [0.05, 0.1) is 6.10 Å². The zero-order valence-electron chi connectivity index (χ0n) is 14.6. The van der Waals surface area contributed by atoms with Gasteiger partial charge in [0.25, 0.3) is 0 Å². The van der Waals surface area contributed by atoms with E-state index in [2.05, 4.69) is 43.4 Å². The van der Waals surface area contributed by atoms with E-state index in [0.29, 0.717) is 0 Å². The normalized spacial score (nSPS) is 29.6. The standard InChI is InChI=1S/C21H25Cl2NO/c1-3-17-19(13-5-9-15(22)10-6-13)24-20(18(4-2)21(17)25)14-7-11-16(23)12-8-14/h5-12,17-21,24-25H,3-4H2,1-2H3/t17-,18-,19-,20+,21?/m0/s1. The number of halogens is 2. The fourth-order valence-electron chi connectivity index (χ4n) is 4.13. The van der Waals surface area contributed by atoms with Gasteiger partial charge in [-0.1, -0.05) is 61.3 Å². The molecule has 4 heteroatoms. The summed E-state index contributed by atoms with van der Waals surface area (Å²) in [5.74, 6) is 0.351. The molecule has 5 atom stereocenters. The summed E-state index contributed by atoms with van der Waals surface area (Å²) in [7, 11) is 0. The number of rotatable bonds is 4. The maximum absolute atomic E-state index is 11.1. The van der Waals surface area contributed by atoms with Crippen LogP contribution in [0, 0.1) is 11.8 Å². The van der Waals surface area contributed by atoms with E-state index < -0.39 is 0 Å². The molecule has 1 fully saturated rings. The Bertz CT molecular complexity index is 627. The van der Waals surface area contributed by atoms with E-state index in [1.54, 1.807) is 0 Å². The molecule has 0 saturated carbocycles. The van der Waals surface area contributed by atoms with Crippen LogP contribution in [0.3, 0.4) is 0 Å². The molecule has 1 heterocycles. The van der Waals surface area contributed by atoms with Gasteiger partial charge in [-0.15, -0.1) is 0 Å². The van der Waals surface area contributed by atoms with E-state index >= 15 is 0 Å². The van der Waals surface area contributed by atoms with E-state index in [4.69, 9.17) is 23.2 Å². The second-order valence-corrected chi connectivity index (χ2v) is 7.73. The van der Waals surface area contributed by atoms with Gasteiger partial charge in [0.15, 0.2) is 0 Å². The molecule has 0 spiro atoms. The maximum Gasteiger partial charge on any atom is 0.0632 e. The van der Waals surface area contributed by atoms with Crippen molar-refractivity contribution < 1.29 is 5.11 Å². The molecular weight excluding hydrogens is 353 g/mol. The molecule has 134 valence electrons. The lowest BCUT2D eigenvalue weighted by Crippen LogP contribution is -2.50. The number of benzene rings is 2. The third-order valence-corrected chi connectivity index (χ3v) is 6.00. The van der Waals surface area contributed by atoms with Crippen LogP contribution in [0.5, 0.6) is 0 Å². The van der Waals surface area contributed by atoms with Crippen molar-refractivity contribution in [2.45, 2.75) is 44.9 Å². The van der Waals surface area contributed by atoms with Crippen molar-refractivity contribution in [3.8, 4) is 0 Å². The summed E-state index contributed by atoms with van der Waals surface area (Å²) in [6.45, 7) is 4.29. The average molecular weight is 378 g/mol. The van der Waals surface area contributed by atoms with E-state index in [1.165, 1.54) is 11.1 Å². The van der Waals surface area contributed by atoms with Gasteiger partial charge < -0.3 is 10.4 Å². The minimum absolute atomic E-state index is 0.0979. The summed E-state index contributed by atoms with van der Waals surface area (Å²) in [5.41, 5.74) is 2.34. The van der Waals surface area contributed by atoms with Gasteiger partial charge in [-0.3, -0.25) is 0 Å². The summed E-state index contributed by atoms with van der Waals surface area (Å²) in [4.78, 5) is 0. The highest BCUT2D eigenvalue weighted by atomic mass is 35.5. The topological polar surface area (TPSA) is 32.3 Å². The Labute approximate surface area is 160 Å². The van der Waals surface area contributed by atoms with Crippen LogP contribution in [0.4, 0.5) is 0 Å². The van der Waals surface area contributed by atoms with Crippen LogP contribution in [0.1, 0.15) is 49.9 Å². The molecule has 0 amide bonds. The fraction of sp³-hybridized carbons (Fsp3) is 0.429. The van der Waals surface area contributed by atoms with Crippen LogP contribution >= 0.6 is 23.2 Å². The molecule has 3 rings (SSSR count). The van der Waals surface area contributed by atoms with Gasteiger partial charge in [0.1, 0.15) is 0 Å². The second-order valence-electron chi connectivity index (χ2n) is 6.86. The lowest BCUT2D eigenvalue weighted by Gasteiger charge is -2.46. The summed E-state index contributed by atoms with van der Waals surface area (Å²) >= 11 is 12.1. The van der Waals surface area contributed by atoms with Crippen LogP contribution in [0.2, 0.25) is 10.0 Å². The van der Waals surface area contributed by atoms with Crippen molar-refractivity contribution in [1.29, 1.82) is 0 Å². The van der Waals surface area contributed by atoms with Crippen molar-refractivity contribution in [3.63, 3.8) is 0 Å². The van der Waals surface area contributed by atoms with Crippen molar-refractivity contribution >= 4 is 23.2 Å². The second kappa shape index (κ2) is 8.09. The highest BCUT2D eigenvalue weighted by molar-refractivity contribution is 6.30. The number of aliphatic hydroxyl groups is 1. The van der Waals surface area contributed by atoms with Crippen LogP contribution < -0.4 is 5.32 Å². The Kier molecular flexibility index (Phi) is 6.06. The molecule has 0 aromatic heterocycles. The molecule has 2 aromatic rings. The fourth-order valence-corrected chi connectivity index (χ4v) is 4.39. The Balaban J connectivity index is 1.97. The van der Waals surface area contributed by atoms with Gasteiger partial charge in [-0.05, 0) is 48.2 Å². The number of nitrogens with one attached hydrogen (secondary N) is 1. The molecule has 0 bridgehead atoms. The number of hydrogen-bond acceptors (Lipinski definition) is 2. The predicted molar refractivity (Wildman–Crippen MR) is 105 cm³/mol. The van der Waals surface area contributed by atoms with E-state index in [-0.39, 0.29) is 30.0 Å². The first kappa shape index (κ1) is 18.7. The number of hydrogen-bond donors (Lipinski definition) is 2. The van der Waals surface area contributed by atoms with Crippen molar-refractivity contribution in [1.82, 2.24) is 5.32 Å². The van der Waals surface area contributed by atoms with E-state index in [0.717, 1.165) is 22.9 Å². The zero-order valence-corrected chi connectivity index (χ0v) is 16.1. The minimum Gasteiger partial charge on any atom is -0.392 e. The number of aliphatic hydroxyl groups excluding tert-OH is 1. The highest BCUT2D eigenvalue weighted by Gasteiger charge is 2.42. The SMILES string of the molecule is CC[C@@H]1C(O)[C@@H](CC)[C@H](c2ccc(Cl)cc2)N[C@@H]1c1ccc(Cl)cc1. The maximum atomic E-state index is 11.1. The molecule has 1 aliphatic rings. The molecule has 2 nitrogen and oxygen atoms in total. The third-order valence-electron chi connectivity index (χ3n) is 5.49. The lowest BCUT2D eigenvalue weighted by atomic mass is 9.71. The van der Waals surface area contributed by atoms with Crippen LogP contribution in [0.25, 0.3) is 0 Å². The lowest BCUT2D eigenvalue weighted by molar-refractivity contribution is -0.0251. The summed E-state index contributed by atoms with van der Waals surface area (Å²) in [6, 6.07) is 16.1. The van der Waals surface area contributed by atoms with E-state index in [1.807, 2.05) is 24.3 Å². The number of piperidine rings is 1. The molecule has 1 saturated heterocycles. The molecule has 25 heavy (non-hydrogen) atoms. The first-order valence-corrected chi connectivity index (χ1v) is 9.75. The first-order chi connectivity index (χ1) is 12.0. The molecule has 2 aromatic carbocycles. The monoisotopic (exact) mass is 377 g/mol. The summed E-state index contributed by atoms with van der Waals surface area (Å²) in [6.07, 6.45) is 1.49. The van der Waals surface area contributed by atoms with Crippen LogP contribution in [-0.4, -0.2) is 11.2 Å². The van der Waals surface area contributed by atoms with Gasteiger partial charge in [0, 0.05) is 34.0 Å². The van der Waals surface area contributed by atoms with Crippen molar-refractivity contribution in [2.75, 3.05) is 0 Å². The summed E-state index contributed by atoms with van der Waals surface area (Å²) in [5, 5.41) is 16.4. The Hall–Kier alpha value is -1.06. The largest absolute Gasteiger partial charge is 0.392 e. The molecule has 2 N–H and O–H groups in total. The van der Waals surface area contributed by atoms with Gasteiger partial charge in [-0.2, -0.15) is 0 Å². The van der Waals surface area contributed by atoms with Crippen molar-refractivity contribution in [3.05, 3.63) is 69.7 Å². The van der Waals surface area contributed by atoms with Crippen LogP contribution in [-0.2, 0) is 0 Å². The van der Waals surface area contributed by atoms with Crippen LogP contribution in [0.15, 0.2) is 48.5 Å². The quantitative estimate of drug-likeness (QED) is 0.706. The highest BCUT2D eigenvalue weighted by Crippen LogP contribution is 2.43. The Morgan fingerprint density at radius 1 is 0.760 bits per heavy atom. The smallest absolute Gasteiger partial charge is 0.0632 e. The molecule has 1 unspecified atom stereocenters. The van der Waals surface area contributed by atoms with Gasteiger partial charge in [-0.25, -0.2) is 0 Å². The Morgan fingerprint density at radius 3 is 1.44 bits per heavy atom. The van der Waals surface area contributed by atoms with Crippen molar-refractivity contribution in [2.24, 2.45) is 11.8 Å². The molecule has 0 radical (unpaired) electrons. The minimum atomic E-state index is -0.349. The van der Waals surface area contributed by atoms with E-state index in [9.17, 15) is 5.11 Å². The zero-order chi connectivity index (χ0) is 18.0. The molecule has 0 aliphatic carbocycles. The predicted octanol–water partition coefficient (Wildman–Crippen LogP) is 5.79. The first-order valence-electron chi connectivity index (χ1n) is 9.00. The third kappa shape index (κ3) is 3.88. The van der Waals surface area contributed by atoms with Gasteiger partial charge >= 0.3 is 0 Å².